The van der Waals surface area contributed by atoms with E-state index in [0.29, 0.717) is 16.3 Å². The van der Waals surface area contributed by atoms with Crippen LogP contribution < -0.4 is 10.2 Å². The number of nitrogens with zero attached hydrogens (tertiary/aromatic N) is 2. The summed E-state index contributed by atoms with van der Waals surface area (Å²) < 4.78 is 0. The van der Waals surface area contributed by atoms with Crippen LogP contribution in [0.15, 0.2) is 42.6 Å². The minimum absolute atomic E-state index is 0.176. The Hall–Kier alpha value is -2.07. The molecule has 0 radical (unpaired) electrons. The van der Waals surface area contributed by atoms with Crippen LogP contribution in [0.2, 0.25) is 5.02 Å². The third kappa shape index (κ3) is 3.82. The molecule has 1 aliphatic rings. The molecule has 2 aromatic rings. The first kappa shape index (κ1) is 15.8. The lowest BCUT2D eigenvalue weighted by Gasteiger charge is -2.23. The van der Waals surface area contributed by atoms with Crippen LogP contribution in [0.4, 0.5) is 11.5 Å². The first-order valence-electron chi connectivity index (χ1n) is 8.01. The van der Waals surface area contributed by atoms with Crippen LogP contribution in [0, 0.1) is 0 Å². The molecule has 1 aromatic carbocycles. The second-order valence-electron chi connectivity index (χ2n) is 5.71. The average molecular weight is 330 g/mol. The molecular formula is C18H20ClN3O. The van der Waals surface area contributed by atoms with Crippen LogP contribution in [0.25, 0.3) is 0 Å². The number of rotatable bonds is 3. The molecule has 0 aliphatic carbocycles. The molecule has 1 N–H and O–H groups in total. The number of hydrogen-bond donors (Lipinski definition) is 1. The number of carbonyl (C=O) groups is 1. The SMILES string of the molecule is O=C(Nc1ccccc1Cl)c1cccnc1N1CCCCCC1. The number of hydrogen-bond acceptors (Lipinski definition) is 3. The Kier molecular flexibility index (Phi) is 5.13. The normalized spacial score (nSPS) is 15.1. The van der Waals surface area contributed by atoms with Crippen molar-refractivity contribution >= 4 is 29.0 Å². The molecule has 23 heavy (non-hydrogen) atoms. The van der Waals surface area contributed by atoms with Crippen LogP contribution in [0.1, 0.15) is 36.0 Å². The predicted octanol–water partition coefficient (Wildman–Crippen LogP) is 4.37. The standard InChI is InChI=1S/C18H20ClN3O/c19-15-9-3-4-10-16(15)21-18(23)14-8-7-11-20-17(14)22-12-5-1-2-6-13-22/h3-4,7-11H,1-2,5-6,12-13H2,(H,21,23). The van der Waals surface area contributed by atoms with Gasteiger partial charge in [-0.2, -0.15) is 0 Å². The molecule has 120 valence electrons. The largest absolute Gasteiger partial charge is 0.356 e. The van der Waals surface area contributed by atoms with E-state index in [1.165, 1.54) is 12.8 Å². The summed E-state index contributed by atoms with van der Waals surface area (Å²) in [5, 5.41) is 3.41. The second kappa shape index (κ2) is 7.47. The topological polar surface area (TPSA) is 45.2 Å². The molecule has 0 saturated carbocycles. The zero-order valence-corrected chi connectivity index (χ0v) is 13.7. The van der Waals surface area contributed by atoms with Crippen LogP contribution in [-0.4, -0.2) is 24.0 Å². The Bertz CT molecular complexity index is 681. The summed E-state index contributed by atoms with van der Waals surface area (Å²) in [6.45, 7) is 1.90. The number of benzene rings is 1. The van der Waals surface area contributed by atoms with Gasteiger partial charge in [-0.3, -0.25) is 4.79 Å². The maximum atomic E-state index is 12.7. The molecular weight excluding hydrogens is 310 g/mol. The van der Waals surface area contributed by atoms with Crippen molar-refractivity contribution in [3.8, 4) is 0 Å². The highest BCUT2D eigenvalue weighted by Gasteiger charge is 2.19. The maximum Gasteiger partial charge on any atom is 0.259 e. The van der Waals surface area contributed by atoms with E-state index < -0.39 is 0 Å². The van der Waals surface area contributed by atoms with Gasteiger partial charge in [-0.1, -0.05) is 36.6 Å². The summed E-state index contributed by atoms with van der Waals surface area (Å²) in [4.78, 5) is 19.4. The minimum Gasteiger partial charge on any atom is -0.356 e. The Morgan fingerprint density at radius 1 is 1.04 bits per heavy atom. The Balaban J connectivity index is 1.84. The molecule has 1 amide bonds. The number of halogens is 1. The zero-order chi connectivity index (χ0) is 16.1. The molecule has 3 rings (SSSR count). The molecule has 1 fully saturated rings. The highest BCUT2D eigenvalue weighted by molar-refractivity contribution is 6.34. The summed E-state index contributed by atoms with van der Waals surface area (Å²) in [6, 6.07) is 10.9. The second-order valence-corrected chi connectivity index (χ2v) is 6.12. The molecule has 2 heterocycles. The smallest absolute Gasteiger partial charge is 0.259 e. The molecule has 0 bridgehead atoms. The summed E-state index contributed by atoms with van der Waals surface area (Å²) in [7, 11) is 0. The summed E-state index contributed by atoms with van der Waals surface area (Å²) in [5.41, 5.74) is 1.21. The molecule has 1 aliphatic heterocycles. The van der Waals surface area contributed by atoms with Crippen molar-refractivity contribution < 1.29 is 4.79 Å². The van der Waals surface area contributed by atoms with Crippen molar-refractivity contribution in [2.45, 2.75) is 25.7 Å². The molecule has 5 heteroatoms. The molecule has 0 spiro atoms. The van der Waals surface area contributed by atoms with E-state index in [2.05, 4.69) is 15.2 Å². The number of aromatic nitrogens is 1. The van der Waals surface area contributed by atoms with Gasteiger partial charge in [0.1, 0.15) is 5.82 Å². The number of para-hydroxylation sites is 1. The monoisotopic (exact) mass is 329 g/mol. The van der Waals surface area contributed by atoms with Gasteiger partial charge < -0.3 is 10.2 Å². The van der Waals surface area contributed by atoms with E-state index in [0.717, 1.165) is 31.7 Å². The Morgan fingerprint density at radius 3 is 2.52 bits per heavy atom. The van der Waals surface area contributed by atoms with Gasteiger partial charge in [0, 0.05) is 19.3 Å². The summed E-state index contributed by atoms with van der Waals surface area (Å²) in [6.07, 6.45) is 6.51. The first-order valence-corrected chi connectivity index (χ1v) is 8.39. The van der Waals surface area contributed by atoms with E-state index in [1.54, 1.807) is 24.4 Å². The van der Waals surface area contributed by atoms with Gasteiger partial charge in [0.25, 0.3) is 5.91 Å². The van der Waals surface area contributed by atoms with Crippen LogP contribution in [0.5, 0.6) is 0 Å². The Morgan fingerprint density at radius 2 is 1.78 bits per heavy atom. The van der Waals surface area contributed by atoms with E-state index in [-0.39, 0.29) is 5.91 Å². The van der Waals surface area contributed by atoms with Crippen molar-refractivity contribution in [1.82, 2.24) is 4.98 Å². The number of nitrogens with one attached hydrogen (secondary N) is 1. The third-order valence-corrected chi connectivity index (χ3v) is 4.39. The number of anilines is 2. The minimum atomic E-state index is -0.176. The maximum absolute atomic E-state index is 12.7. The summed E-state index contributed by atoms with van der Waals surface area (Å²) in [5.74, 6) is 0.587. The number of amides is 1. The zero-order valence-electron chi connectivity index (χ0n) is 13.0. The lowest BCUT2D eigenvalue weighted by Crippen LogP contribution is -2.28. The molecule has 4 nitrogen and oxygen atoms in total. The lowest BCUT2D eigenvalue weighted by atomic mass is 10.2. The number of pyridine rings is 1. The lowest BCUT2D eigenvalue weighted by molar-refractivity contribution is 0.102. The van der Waals surface area contributed by atoms with Crippen LogP contribution in [-0.2, 0) is 0 Å². The van der Waals surface area contributed by atoms with E-state index in [4.69, 9.17) is 11.6 Å². The molecule has 1 aromatic heterocycles. The van der Waals surface area contributed by atoms with Crippen molar-refractivity contribution in [3.63, 3.8) is 0 Å². The van der Waals surface area contributed by atoms with Crippen molar-refractivity contribution in [2.75, 3.05) is 23.3 Å². The number of carbonyl (C=O) groups excluding carboxylic acids is 1. The average Bonchev–Trinajstić information content (AvgIpc) is 2.86. The first-order chi connectivity index (χ1) is 11.3. The fourth-order valence-corrected chi connectivity index (χ4v) is 3.04. The molecule has 0 unspecified atom stereocenters. The molecule has 1 saturated heterocycles. The van der Waals surface area contributed by atoms with Crippen molar-refractivity contribution in [3.05, 3.63) is 53.2 Å². The fourth-order valence-electron chi connectivity index (χ4n) is 2.86. The Labute approximate surface area is 141 Å². The van der Waals surface area contributed by atoms with Gasteiger partial charge in [0.2, 0.25) is 0 Å². The quantitative estimate of drug-likeness (QED) is 0.909. The fraction of sp³-hybridized carbons (Fsp3) is 0.333. The van der Waals surface area contributed by atoms with E-state index in [9.17, 15) is 4.79 Å². The van der Waals surface area contributed by atoms with Crippen LogP contribution >= 0.6 is 11.6 Å². The van der Waals surface area contributed by atoms with Gasteiger partial charge in [-0.15, -0.1) is 0 Å². The highest BCUT2D eigenvalue weighted by atomic mass is 35.5. The highest BCUT2D eigenvalue weighted by Crippen LogP contribution is 2.25. The van der Waals surface area contributed by atoms with Gasteiger partial charge in [-0.25, -0.2) is 4.98 Å². The van der Waals surface area contributed by atoms with E-state index in [1.807, 2.05) is 18.2 Å². The van der Waals surface area contributed by atoms with Crippen molar-refractivity contribution in [2.24, 2.45) is 0 Å². The van der Waals surface area contributed by atoms with Gasteiger partial charge >= 0.3 is 0 Å². The summed E-state index contributed by atoms with van der Waals surface area (Å²) >= 11 is 6.13. The van der Waals surface area contributed by atoms with Gasteiger partial charge in [0.05, 0.1) is 16.3 Å². The third-order valence-electron chi connectivity index (χ3n) is 4.06. The van der Waals surface area contributed by atoms with Gasteiger partial charge in [-0.05, 0) is 37.1 Å². The van der Waals surface area contributed by atoms with E-state index >= 15 is 0 Å². The molecule has 0 atom stereocenters. The predicted molar refractivity (Wildman–Crippen MR) is 94.3 cm³/mol. The van der Waals surface area contributed by atoms with Crippen molar-refractivity contribution in [1.29, 1.82) is 0 Å². The van der Waals surface area contributed by atoms with Gasteiger partial charge in [0.15, 0.2) is 0 Å². The van der Waals surface area contributed by atoms with Crippen LogP contribution in [0.3, 0.4) is 0 Å².